The van der Waals surface area contributed by atoms with Gasteiger partial charge in [-0.2, -0.15) is 3.71 Å². The summed E-state index contributed by atoms with van der Waals surface area (Å²) in [5.74, 6) is -0.0732. The molecule has 1 aromatic rings. The quantitative estimate of drug-likeness (QED) is 0.602. The summed E-state index contributed by atoms with van der Waals surface area (Å²) in [5.41, 5.74) is -0.0324. The van der Waals surface area contributed by atoms with Crippen molar-refractivity contribution >= 4 is 27.5 Å². The molecule has 0 amide bonds. The minimum absolute atomic E-state index is 0.0324. The van der Waals surface area contributed by atoms with Gasteiger partial charge in [0.15, 0.2) is 0 Å². The van der Waals surface area contributed by atoms with Crippen LogP contribution in [-0.2, 0) is 21.8 Å². The molecule has 0 radical (unpaired) electrons. The standard InChI is InChI=1S/C6H7NO5S2/c8-6-3-1-5(2-4-6)7(13(9)10)14(11)12/h1-4,8,13-14H. The molecule has 1 N–H and O–H groups in total. The highest BCUT2D eigenvalue weighted by atomic mass is 32.2. The summed E-state index contributed by atoms with van der Waals surface area (Å²) in [6.45, 7) is 0. The molecule has 0 aliphatic carbocycles. The molecular formula is C6H7NO5S2. The zero-order valence-corrected chi connectivity index (χ0v) is 8.52. The van der Waals surface area contributed by atoms with Gasteiger partial charge in [0.2, 0.25) is 21.8 Å². The predicted molar refractivity (Wildman–Crippen MR) is 51.2 cm³/mol. The van der Waals surface area contributed by atoms with Crippen LogP contribution in [0, 0.1) is 0 Å². The minimum atomic E-state index is -3.23. The number of phenols is 1. The average molecular weight is 237 g/mol. The molecule has 0 saturated heterocycles. The topological polar surface area (TPSA) is 91.8 Å². The minimum Gasteiger partial charge on any atom is -0.508 e. The molecule has 0 fully saturated rings. The first kappa shape index (κ1) is 10.8. The molecule has 0 aliphatic rings. The van der Waals surface area contributed by atoms with Gasteiger partial charge in [0, 0.05) is 0 Å². The molecule has 0 spiro atoms. The first-order valence-corrected chi connectivity index (χ1v) is 5.66. The van der Waals surface area contributed by atoms with E-state index in [9.17, 15) is 16.8 Å². The maximum absolute atomic E-state index is 10.5. The first-order chi connectivity index (χ1) is 6.52. The summed E-state index contributed by atoms with van der Waals surface area (Å²) < 4.78 is 42.4. The average Bonchev–Trinajstić information content (AvgIpc) is 2.07. The fraction of sp³-hybridized carbons (Fsp3) is 0. The molecule has 0 aliphatic heterocycles. The second-order valence-electron chi connectivity index (χ2n) is 2.28. The van der Waals surface area contributed by atoms with E-state index in [4.69, 9.17) is 5.11 Å². The Morgan fingerprint density at radius 1 is 0.929 bits per heavy atom. The van der Waals surface area contributed by atoms with Crippen molar-refractivity contribution in [2.24, 2.45) is 0 Å². The van der Waals surface area contributed by atoms with Crippen LogP contribution in [0.15, 0.2) is 24.3 Å². The van der Waals surface area contributed by atoms with E-state index in [2.05, 4.69) is 0 Å². The molecule has 0 aromatic heterocycles. The molecule has 1 rings (SSSR count). The largest absolute Gasteiger partial charge is 0.508 e. The van der Waals surface area contributed by atoms with E-state index in [1.54, 1.807) is 0 Å². The molecular weight excluding hydrogens is 230 g/mol. The lowest BCUT2D eigenvalue weighted by Crippen LogP contribution is -2.18. The van der Waals surface area contributed by atoms with Crippen LogP contribution in [0.3, 0.4) is 0 Å². The van der Waals surface area contributed by atoms with Crippen LogP contribution < -0.4 is 3.71 Å². The second-order valence-corrected chi connectivity index (χ2v) is 4.35. The Morgan fingerprint density at radius 2 is 1.36 bits per heavy atom. The van der Waals surface area contributed by atoms with Crippen LogP contribution in [-0.4, -0.2) is 21.9 Å². The van der Waals surface area contributed by atoms with Crippen molar-refractivity contribution in [1.29, 1.82) is 0 Å². The van der Waals surface area contributed by atoms with Crippen LogP contribution >= 0.6 is 0 Å². The van der Waals surface area contributed by atoms with Gasteiger partial charge in [-0.1, -0.05) is 0 Å². The maximum Gasteiger partial charge on any atom is 0.237 e. The highest BCUT2D eigenvalue weighted by molar-refractivity contribution is 7.92. The van der Waals surface area contributed by atoms with Gasteiger partial charge in [0.25, 0.3) is 0 Å². The predicted octanol–water partition coefficient (Wildman–Crippen LogP) is -0.749. The molecule has 8 heteroatoms. The van der Waals surface area contributed by atoms with E-state index < -0.39 is 21.8 Å². The summed E-state index contributed by atoms with van der Waals surface area (Å²) >= 11 is 0. The lowest BCUT2D eigenvalue weighted by Gasteiger charge is -2.08. The summed E-state index contributed by atoms with van der Waals surface area (Å²) in [7, 11) is -6.47. The molecule has 0 heterocycles. The van der Waals surface area contributed by atoms with E-state index in [1.165, 1.54) is 24.3 Å². The number of hydrogen-bond acceptors (Lipinski definition) is 5. The van der Waals surface area contributed by atoms with Crippen molar-refractivity contribution in [1.82, 2.24) is 0 Å². The Kier molecular flexibility index (Phi) is 3.31. The van der Waals surface area contributed by atoms with Crippen molar-refractivity contribution < 1.29 is 21.9 Å². The number of aromatic hydroxyl groups is 1. The molecule has 78 valence electrons. The number of hydrogen-bond donors (Lipinski definition) is 3. The lowest BCUT2D eigenvalue weighted by atomic mass is 10.3. The van der Waals surface area contributed by atoms with Gasteiger partial charge in [-0.25, -0.2) is 16.8 Å². The van der Waals surface area contributed by atoms with Gasteiger partial charge in [-0.15, -0.1) is 0 Å². The lowest BCUT2D eigenvalue weighted by molar-refractivity contribution is 0.475. The number of benzene rings is 1. The Morgan fingerprint density at radius 3 is 1.71 bits per heavy atom. The molecule has 14 heavy (non-hydrogen) atoms. The fourth-order valence-corrected chi connectivity index (χ4v) is 1.95. The first-order valence-electron chi connectivity index (χ1n) is 3.40. The van der Waals surface area contributed by atoms with Gasteiger partial charge >= 0.3 is 0 Å². The Balaban J connectivity index is 3.19. The van der Waals surface area contributed by atoms with Crippen LogP contribution in [0.1, 0.15) is 0 Å². The highest BCUT2D eigenvalue weighted by Crippen LogP contribution is 2.18. The van der Waals surface area contributed by atoms with E-state index >= 15 is 0 Å². The second kappa shape index (κ2) is 4.29. The number of nitrogens with zero attached hydrogens (tertiary/aromatic N) is 1. The van der Waals surface area contributed by atoms with Crippen LogP contribution in [0.2, 0.25) is 0 Å². The van der Waals surface area contributed by atoms with Gasteiger partial charge < -0.3 is 5.11 Å². The summed E-state index contributed by atoms with van der Waals surface area (Å²) in [4.78, 5) is 0. The van der Waals surface area contributed by atoms with Crippen LogP contribution in [0.25, 0.3) is 0 Å². The zero-order valence-electron chi connectivity index (χ0n) is 6.73. The van der Waals surface area contributed by atoms with Crippen LogP contribution in [0.4, 0.5) is 5.69 Å². The van der Waals surface area contributed by atoms with E-state index in [0.717, 1.165) is 0 Å². The normalized spacial score (nSPS) is 10.7. The third-order valence-corrected chi connectivity index (χ3v) is 3.35. The summed E-state index contributed by atoms with van der Waals surface area (Å²) in [6.07, 6.45) is 0. The van der Waals surface area contributed by atoms with Crippen molar-refractivity contribution in [2.75, 3.05) is 3.71 Å². The number of phenolic OH excluding ortho intramolecular Hbond substituents is 1. The highest BCUT2D eigenvalue weighted by Gasteiger charge is 2.10. The number of anilines is 1. The Bertz CT molecular complexity index is 424. The van der Waals surface area contributed by atoms with Crippen molar-refractivity contribution in [3.8, 4) is 5.75 Å². The van der Waals surface area contributed by atoms with Crippen molar-refractivity contribution in [3.63, 3.8) is 0 Å². The van der Waals surface area contributed by atoms with Crippen molar-refractivity contribution in [3.05, 3.63) is 24.3 Å². The maximum atomic E-state index is 10.5. The summed E-state index contributed by atoms with van der Waals surface area (Å²) in [6, 6.07) is 4.76. The zero-order chi connectivity index (χ0) is 10.7. The molecule has 0 saturated carbocycles. The van der Waals surface area contributed by atoms with E-state index in [-0.39, 0.29) is 15.1 Å². The Hall–Kier alpha value is -1.28. The molecule has 6 nitrogen and oxygen atoms in total. The third kappa shape index (κ3) is 2.36. The number of rotatable bonds is 3. The van der Waals surface area contributed by atoms with Gasteiger partial charge in [-0.05, 0) is 24.3 Å². The smallest absolute Gasteiger partial charge is 0.237 e. The van der Waals surface area contributed by atoms with Crippen LogP contribution in [0.5, 0.6) is 5.75 Å². The van der Waals surface area contributed by atoms with Gasteiger partial charge in [-0.3, -0.25) is 0 Å². The van der Waals surface area contributed by atoms with E-state index in [1.807, 2.05) is 0 Å². The summed E-state index contributed by atoms with van der Waals surface area (Å²) in [5, 5.41) is 8.90. The molecule has 0 unspecified atom stereocenters. The molecule has 0 bridgehead atoms. The number of thiol groups is 2. The third-order valence-electron chi connectivity index (χ3n) is 1.39. The fourth-order valence-electron chi connectivity index (χ4n) is 0.834. The Labute approximate surface area is 83.6 Å². The van der Waals surface area contributed by atoms with Gasteiger partial charge in [0.1, 0.15) is 5.75 Å². The van der Waals surface area contributed by atoms with Gasteiger partial charge in [0.05, 0.1) is 5.69 Å². The SMILES string of the molecule is O=[SH](=O)N(c1ccc(O)cc1)[SH](=O)=O. The molecule has 1 aromatic carbocycles. The van der Waals surface area contributed by atoms with E-state index in [0.29, 0.717) is 0 Å². The van der Waals surface area contributed by atoms with Crippen molar-refractivity contribution in [2.45, 2.75) is 0 Å². The molecule has 0 atom stereocenters. The monoisotopic (exact) mass is 237 g/mol.